The molecule has 1 atom stereocenters. The maximum Gasteiger partial charge on any atom is 0.237 e. The van der Waals surface area contributed by atoms with Gasteiger partial charge in [-0.2, -0.15) is 0 Å². The second-order valence-corrected chi connectivity index (χ2v) is 7.87. The molecule has 0 unspecified atom stereocenters. The molecule has 0 aliphatic rings. The fourth-order valence-corrected chi connectivity index (χ4v) is 3.63. The Morgan fingerprint density at radius 3 is 2.30 bits per heavy atom. The van der Waals surface area contributed by atoms with E-state index in [1.807, 2.05) is 82.3 Å². The minimum Gasteiger partial charge on any atom is -0.325 e. The molecule has 0 spiro atoms. The van der Waals surface area contributed by atoms with E-state index in [2.05, 4.69) is 15.3 Å². The standard InChI is InChI=1S/C22H23N3OS/c1-14-9-8-10-15(2)20(14)25-21(26)17(4)27-22-23-16(3)13-19(24-22)18-11-6-5-7-12-18/h5-13,17H,1-4H3,(H,25,26)/t17-/m1/s1. The van der Waals surface area contributed by atoms with Gasteiger partial charge in [0, 0.05) is 16.9 Å². The van der Waals surface area contributed by atoms with Crippen LogP contribution in [0, 0.1) is 20.8 Å². The van der Waals surface area contributed by atoms with Gasteiger partial charge in [0.15, 0.2) is 5.16 Å². The molecule has 0 radical (unpaired) electrons. The minimum atomic E-state index is -0.311. The summed E-state index contributed by atoms with van der Waals surface area (Å²) in [4.78, 5) is 21.8. The Hall–Kier alpha value is -2.66. The Balaban J connectivity index is 1.77. The van der Waals surface area contributed by atoms with Gasteiger partial charge < -0.3 is 5.32 Å². The Morgan fingerprint density at radius 2 is 1.63 bits per heavy atom. The van der Waals surface area contributed by atoms with E-state index in [0.717, 1.165) is 33.8 Å². The van der Waals surface area contributed by atoms with E-state index in [1.54, 1.807) is 0 Å². The van der Waals surface area contributed by atoms with Gasteiger partial charge in [-0.05, 0) is 44.9 Å². The first kappa shape index (κ1) is 19.1. The van der Waals surface area contributed by atoms with Crippen LogP contribution in [0.15, 0.2) is 59.8 Å². The summed E-state index contributed by atoms with van der Waals surface area (Å²) in [6.07, 6.45) is 0. The van der Waals surface area contributed by atoms with Crippen LogP contribution < -0.4 is 5.32 Å². The van der Waals surface area contributed by atoms with Crippen molar-refractivity contribution in [1.82, 2.24) is 9.97 Å². The van der Waals surface area contributed by atoms with Gasteiger partial charge in [-0.1, -0.05) is 60.3 Å². The Morgan fingerprint density at radius 1 is 0.963 bits per heavy atom. The Bertz CT molecular complexity index is 937. The van der Waals surface area contributed by atoms with Crippen molar-refractivity contribution in [2.75, 3.05) is 5.32 Å². The highest BCUT2D eigenvalue weighted by atomic mass is 32.2. The maximum atomic E-state index is 12.7. The zero-order valence-corrected chi connectivity index (χ0v) is 16.8. The van der Waals surface area contributed by atoms with E-state index in [1.165, 1.54) is 11.8 Å². The second-order valence-electron chi connectivity index (χ2n) is 6.56. The van der Waals surface area contributed by atoms with Crippen molar-refractivity contribution >= 4 is 23.4 Å². The summed E-state index contributed by atoms with van der Waals surface area (Å²) in [7, 11) is 0. The third kappa shape index (κ3) is 4.74. The van der Waals surface area contributed by atoms with Crippen LogP contribution in [0.1, 0.15) is 23.7 Å². The molecular weight excluding hydrogens is 354 g/mol. The smallest absolute Gasteiger partial charge is 0.237 e. The lowest BCUT2D eigenvalue weighted by Gasteiger charge is -2.15. The first-order valence-electron chi connectivity index (χ1n) is 8.89. The monoisotopic (exact) mass is 377 g/mol. The molecule has 5 heteroatoms. The number of hydrogen-bond acceptors (Lipinski definition) is 4. The zero-order valence-electron chi connectivity index (χ0n) is 16.0. The molecule has 4 nitrogen and oxygen atoms in total. The number of thioether (sulfide) groups is 1. The lowest BCUT2D eigenvalue weighted by molar-refractivity contribution is -0.115. The first-order valence-corrected chi connectivity index (χ1v) is 9.77. The number of aromatic nitrogens is 2. The van der Waals surface area contributed by atoms with Crippen LogP contribution in [0.4, 0.5) is 5.69 Å². The summed E-state index contributed by atoms with van der Waals surface area (Å²) < 4.78 is 0. The molecule has 2 aromatic carbocycles. The van der Waals surface area contributed by atoms with Crippen molar-refractivity contribution in [3.05, 3.63) is 71.4 Å². The molecule has 1 N–H and O–H groups in total. The molecule has 0 aliphatic heterocycles. The summed E-state index contributed by atoms with van der Waals surface area (Å²) in [6, 6.07) is 17.9. The van der Waals surface area contributed by atoms with Gasteiger partial charge in [-0.25, -0.2) is 9.97 Å². The Kier molecular flexibility index (Phi) is 5.91. The first-order chi connectivity index (χ1) is 12.9. The quantitative estimate of drug-likeness (QED) is 0.491. The van der Waals surface area contributed by atoms with Gasteiger partial charge in [-0.3, -0.25) is 4.79 Å². The van der Waals surface area contributed by atoms with Gasteiger partial charge >= 0.3 is 0 Å². The van der Waals surface area contributed by atoms with Crippen molar-refractivity contribution in [3.63, 3.8) is 0 Å². The largest absolute Gasteiger partial charge is 0.325 e. The highest BCUT2D eigenvalue weighted by Gasteiger charge is 2.18. The molecule has 1 aromatic heterocycles. The fourth-order valence-electron chi connectivity index (χ4n) is 2.80. The predicted molar refractivity (Wildman–Crippen MR) is 112 cm³/mol. The lowest BCUT2D eigenvalue weighted by atomic mass is 10.1. The van der Waals surface area contributed by atoms with Crippen LogP contribution in [0.2, 0.25) is 0 Å². The van der Waals surface area contributed by atoms with E-state index in [0.29, 0.717) is 5.16 Å². The second kappa shape index (κ2) is 8.35. The van der Waals surface area contributed by atoms with Crippen LogP contribution in [0.5, 0.6) is 0 Å². The number of aryl methyl sites for hydroxylation is 3. The summed E-state index contributed by atoms with van der Waals surface area (Å²) in [5.41, 5.74) is 5.78. The third-order valence-electron chi connectivity index (χ3n) is 4.28. The van der Waals surface area contributed by atoms with Crippen molar-refractivity contribution in [3.8, 4) is 11.3 Å². The average Bonchev–Trinajstić information content (AvgIpc) is 2.65. The van der Waals surface area contributed by atoms with Crippen LogP contribution in [0.3, 0.4) is 0 Å². The Labute approximate surface area is 164 Å². The average molecular weight is 378 g/mol. The topological polar surface area (TPSA) is 54.9 Å². The van der Waals surface area contributed by atoms with E-state index in [9.17, 15) is 4.79 Å². The molecule has 0 bridgehead atoms. The molecule has 0 fully saturated rings. The number of nitrogens with one attached hydrogen (secondary N) is 1. The van der Waals surface area contributed by atoms with Gasteiger partial charge in [0.25, 0.3) is 0 Å². The highest BCUT2D eigenvalue weighted by molar-refractivity contribution is 8.00. The number of para-hydroxylation sites is 1. The molecule has 0 aliphatic carbocycles. The van der Waals surface area contributed by atoms with E-state index in [-0.39, 0.29) is 11.2 Å². The number of rotatable bonds is 5. The predicted octanol–water partition coefficient (Wildman–Crippen LogP) is 5.19. The number of anilines is 1. The van der Waals surface area contributed by atoms with Gasteiger partial charge in [0.05, 0.1) is 10.9 Å². The van der Waals surface area contributed by atoms with Gasteiger partial charge in [0.1, 0.15) is 0 Å². The van der Waals surface area contributed by atoms with Crippen LogP contribution in [-0.4, -0.2) is 21.1 Å². The van der Waals surface area contributed by atoms with Crippen molar-refractivity contribution in [2.45, 2.75) is 38.1 Å². The van der Waals surface area contributed by atoms with Crippen molar-refractivity contribution < 1.29 is 4.79 Å². The normalized spacial score (nSPS) is 11.9. The molecule has 138 valence electrons. The zero-order chi connectivity index (χ0) is 19.4. The molecule has 0 saturated heterocycles. The number of carbonyl (C=O) groups excluding carboxylic acids is 1. The van der Waals surface area contributed by atoms with Crippen molar-refractivity contribution in [1.29, 1.82) is 0 Å². The third-order valence-corrected chi connectivity index (χ3v) is 5.25. The minimum absolute atomic E-state index is 0.0521. The molecule has 3 rings (SSSR count). The molecule has 0 saturated carbocycles. The molecular formula is C22H23N3OS. The number of nitrogens with zero attached hydrogens (tertiary/aromatic N) is 2. The van der Waals surface area contributed by atoms with Crippen LogP contribution in [0.25, 0.3) is 11.3 Å². The molecule has 1 amide bonds. The summed E-state index contributed by atoms with van der Waals surface area (Å²) in [6.45, 7) is 7.81. The number of amides is 1. The van der Waals surface area contributed by atoms with E-state index < -0.39 is 0 Å². The molecule has 3 aromatic rings. The summed E-state index contributed by atoms with van der Waals surface area (Å²) in [5, 5.41) is 3.34. The van der Waals surface area contributed by atoms with Crippen LogP contribution in [-0.2, 0) is 4.79 Å². The van der Waals surface area contributed by atoms with E-state index >= 15 is 0 Å². The maximum absolute atomic E-state index is 12.7. The highest BCUT2D eigenvalue weighted by Crippen LogP contribution is 2.26. The molecule has 27 heavy (non-hydrogen) atoms. The van der Waals surface area contributed by atoms with E-state index in [4.69, 9.17) is 0 Å². The lowest BCUT2D eigenvalue weighted by Crippen LogP contribution is -2.23. The number of hydrogen-bond donors (Lipinski definition) is 1. The van der Waals surface area contributed by atoms with Crippen molar-refractivity contribution in [2.24, 2.45) is 0 Å². The fraction of sp³-hybridized carbons (Fsp3) is 0.227. The number of benzene rings is 2. The summed E-state index contributed by atoms with van der Waals surface area (Å²) in [5.74, 6) is -0.0521. The van der Waals surface area contributed by atoms with Gasteiger partial charge in [0.2, 0.25) is 5.91 Å². The van der Waals surface area contributed by atoms with Gasteiger partial charge in [-0.15, -0.1) is 0 Å². The number of carbonyl (C=O) groups is 1. The molecule has 1 heterocycles. The summed E-state index contributed by atoms with van der Waals surface area (Å²) >= 11 is 1.37. The SMILES string of the molecule is Cc1cc(-c2ccccc2)nc(S[C@H](C)C(=O)Nc2c(C)cccc2C)n1. The van der Waals surface area contributed by atoms with Crippen LogP contribution >= 0.6 is 11.8 Å².